The lowest BCUT2D eigenvalue weighted by molar-refractivity contribution is 0.289. The normalized spacial score (nSPS) is 13.5. The fourth-order valence-electron chi connectivity index (χ4n) is 2.82. The van der Waals surface area contributed by atoms with Gasteiger partial charge in [-0.3, -0.25) is 4.79 Å². The lowest BCUT2D eigenvalue weighted by Gasteiger charge is -2.31. The predicted molar refractivity (Wildman–Crippen MR) is 87.2 cm³/mol. The third-order valence-electron chi connectivity index (χ3n) is 4.05. The number of anilines is 1. The van der Waals surface area contributed by atoms with Gasteiger partial charge in [0, 0.05) is 11.8 Å². The van der Waals surface area contributed by atoms with Gasteiger partial charge in [0.1, 0.15) is 17.1 Å². The van der Waals surface area contributed by atoms with E-state index in [0.717, 1.165) is 22.7 Å². The summed E-state index contributed by atoms with van der Waals surface area (Å²) in [6.45, 7) is 1.06. The molecular formula is C18H15NO4. The molecule has 0 saturated carbocycles. The van der Waals surface area contributed by atoms with Crippen LogP contribution in [0.25, 0.3) is 11.0 Å². The Morgan fingerprint density at radius 1 is 1.09 bits per heavy atom. The average molecular weight is 309 g/mol. The van der Waals surface area contributed by atoms with Gasteiger partial charge in [-0.1, -0.05) is 0 Å². The van der Waals surface area contributed by atoms with Gasteiger partial charge in [-0.05, 0) is 36.4 Å². The summed E-state index contributed by atoms with van der Waals surface area (Å²) in [5.41, 5.74) is 2.46. The molecule has 1 aliphatic heterocycles. The molecule has 0 bridgehead atoms. The highest BCUT2D eigenvalue weighted by Crippen LogP contribution is 2.33. The van der Waals surface area contributed by atoms with Gasteiger partial charge in [0.15, 0.2) is 12.2 Å². The van der Waals surface area contributed by atoms with Crippen LogP contribution in [0.2, 0.25) is 0 Å². The average Bonchev–Trinajstić information content (AvgIpc) is 2.61. The zero-order valence-electron chi connectivity index (χ0n) is 12.6. The summed E-state index contributed by atoms with van der Waals surface area (Å²) in [6, 6.07) is 12.8. The Hall–Kier alpha value is -2.95. The van der Waals surface area contributed by atoms with Gasteiger partial charge in [-0.25, -0.2) is 0 Å². The van der Waals surface area contributed by atoms with E-state index < -0.39 is 0 Å². The Kier molecular flexibility index (Phi) is 3.19. The zero-order chi connectivity index (χ0) is 15.8. The second-order valence-corrected chi connectivity index (χ2v) is 5.37. The molecule has 1 aromatic heterocycles. The lowest BCUT2D eigenvalue weighted by atomic mass is 10.1. The van der Waals surface area contributed by atoms with Crippen molar-refractivity contribution in [2.24, 2.45) is 0 Å². The van der Waals surface area contributed by atoms with Crippen LogP contribution >= 0.6 is 0 Å². The zero-order valence-corrected chi connectivity index (χ0v) is 12.6. The van der Waals surface area contributed by atoms with E-state index in [0.29, 0.717) is 24.2 Å². The van der Waals surface area contributed by atoms with E-state index in [-0.39, 0.29) is 5.43 Å². The molecule has 3 aromatic rings. The number of hydrogen-bond acceptors (Lipinski definition) is 5. The number of benzene rings is 2. The van der Waals surface area contributed by atoms with Crippen LogP contribution in [0.3, 0.4) is 0 Å². The van der Waals surface area contributed by atoms with Crippen LogP contribution in [-0.4, -0.2) is 13.8 Å². The topological polar surface area (TPSA) is 51.9 Å². The lowest BCUT2D eigenvalue weighted by Crippen LogP contribution is -2.32. The van der Waals surface area contributed by atoms with Crippen LogP contribution in [0.4, 0.5) is 5.69 Å². The first-order chi connectivity index (χ1) is 11.3. The number of rotatable bonds is 2. The molecule has 2 heterocycles. The van der Waals surface area contributed by atoms with E-state index in [2.05, 4.69) is 4.90 Å². The smallest absolute Gasteiger partial charge is 0.192 e. The van der Waals surface area contributed by atoms with Crippen molar-refractivity contribution in [1.82, 2.24) is 0 Å². The minimum atomic E-state index is -0.0457. The molecule has 0 unspecified atom stereocenters. The third-order valence-corrected chi connectivity index (χ3v) is 4.05. The van der Waals surface area contributed by atoms with E-state index in [1.807, 2.05) is 30.3 Å². The minimum Gasteiger partial charge on any atom is -0.497 e. The second-order valence-electron chi connectivity index (χ2n) is 5.37. The maximum atomic E-state index is 12.0. The number of fused-ring (bicyclic) bond motifs is 3. The van der Waals surface area contributed by atoms with Crippen molar-refractivity contribution in [3.63, 3.8) is 0 Å². The maximum Gasteiger partial charge on any atom is 0.192 e. The maximum absolute atomic E-state index is 12.0. The Bertz CT molecular complexity index is 914. The first-order valence-corrected chi connectivity index (χ1v) is 7.31. The number of nitrogens with zero attached hydrogens (tertiary/aromatic N) is 1. The number of hydrogen-bond donors (Lipinski definition) is 0. The molecule has 0 spiro atoms. The molecule has 5 nitrogen and oxygen atoms in total. The molecule has 0 atom stereocenters. The van der Waals surface area contributed by atoms with Gasteiger partial charge < -0.3 is 18.8 Å². The molecule has 0 aliphatic carbocycles. The molecule has 4 rings (SSSR count). The molecule has 0 fully saturated rings. The molecule has 5 heteroatoms. The summed E-state index contributed by atoms with van der Waals surface area (Å²) in [4.78, 5) is 14.0. The minimum absolute atomic E-state index is 0.0457. The SMILES string of the molecule is COc1ccc(N2COc3ccc4c(=O)ccoc4c3C2)cc1. The highest BCUT2D eigenvalue weighted by Gasteiger charge is 2.22. The quantitative estimate of drug-likeness (QED) is 0.728. The summed E-state index contributed by atoms with van der Waals surface area (Å²) >= 11 is 0. The summed E-state index contributed by atoms with van der Waals surface area (Å²) in [6.07, 6.45) is 1.43. The first-order valence-electron chi connectivity index (χ1n) is 7.31. The fraction of sp³-hybridized carbons (Fsp3) is 0.167. The molecule has 0 amide bonds. The predicted octanol–water partition coefficient (Wildman–Crippen LogP) is 3.16. The highest BCUT2D eigenvalue weighted by molar-refractivity contribution is 5.82. The number of methoxy groups -OCH3 is 1. The van der Waals surface area contributed by atoms with Crippen LogP contribution in [0.15, 0.2) is 57.9 Å². The Balaban J connectivity index is 1.75. The van der Waals surface area contributed by atoms with Gasteiger partial charge in [0.2, 0.25) is 0 Å². The third kappa shape index (κ3) is 2.30. The summed E-state index contributed by atoms with van der Waals surface area (Å²) < 4.78 is 16.6. The molecule has 116 valence electrons. The monoisotopic (exact) mass is 309 g/mol. The van der Waals surface area contributed by atoms with E-state index in [9.17, 15) is 4.79 Å². The van der Waals surface area contributed by atoms with Crippen LogP contribution in [0.1, 0.15) is 5.56 Å². The van der Waals surface area contributed by atoms with Gasteiger partial charge in [0.05, 0.1) is 30.9 Å². The van der Waals surface area contributed by atoms with E-state index in [1.165, 1.54) is 12.3 Å². The van der Waals surface area contributed by atoms with Crippen molar-refractivity contribution in [1.29, 1.82) is 0 Å². The molecule has 1 aliphatic rings. The van der Waals surface area contributed by atoms with Crippen LogP contribution in [0.5, 0.6) is 11.5 Å². The van der Waals surface area contributed by atoms with Crippen LogP contribution in [0, 0.1) is 0 Å². The van der Waals surface area contributed by atoms with Gasteiger partial charge in [-0.2, -0.15) is 0 Å². The van der Waals surface area contributed by atoms with Crippen LogP contribution in [-0.2, 0) is 6.54 Å². The molecule has 0 saturated heterocycles. The molecule has 0 N–H and O–H groups in total. The van der Waals surface area contributed by atoms with Crippen molar-refractivity contribution in [3.05, 3.63) is 64.5 Å². The van der Waals surface area contributed by atoms with Gasteiger partial charge >= 0.3 is 0 Å². The van der Waals surface area contributed by atoms with Crippen LogP contribution < -0.4 is 19.8 Å². The van der Waals surface area contributed by atoms with Crippen molar-refractivity contribution >= 4 is 16.7 Å². The van der Waals surface area contributed by atoms with Gasteiger partial charge in [0.25, 0.3) is 0 Å². The standard InChI is InChI=1S/C18H15NO4/c1-21-13-4-2-12(3-5-13)19-10-15-17(23-11-19)7-6-14-16(20)8-9-22-18(14)15/h2-9H,10-11H2,1H3. The fourth-order valence-corrected chi connectivity index (χ4v) is 2.82. The van der Waals surface area contributed by atoms with Crippen molar-refractivity contribution in [2.45, 2.75) is 6.54 Å². The van der Waals surface area contributed by atoms with E-state index >= 15 is 0 Å². The molecule has 23 heavy (non-hydrogen) atoms. The highest BCUT2D eigenvalue weighted by atomic mass is 16.5. The Morgan fingerprint density at radius 3 is 2.70 bits per heavy atom. The van der Waals surface area contributed by atoms with Crippen molar-refractivity contribution < 1.29 is 13.9 Å². The summed E-state index contributed by atoms with van der Waals surface area (Å²) in [5, 5.41) is 0.575. The van der Waals surface area contributed by atoms with Crippen molar-refractivity contribution in [2.75, 3.05) is 18.7 Å². The molecule has 2 aromatic carbocycles. The van der Waals surface area contributed by atoms with E-state index in [1.54, 1.807) is 13.2 Å². The largest absolute Gasteiger partial charge is 0.497 e. The van der Waals surface area contributed by atoms with Gasteiger partial charge in [-0.15, -0.1) is 0 Å². The Morgan fingerprint density at radius 2 is 1.91 bits per heavy atom. The second kappa shape index (κ2) is 5.35. The molecular weight excluding hydrogens is 294 g/mol. The van der Waals surface area contributed by atoms with Crippen molar-refractivity contribution in [3.8, 4) is 11.5 Å². The molecule has 0 radical (unpaired) electrons. The summed E-state index contributed by atoms with van der Waals surface area (Å²) in [5.74, 6) is 1.57. The van der Waals surface area contributed by atoms with E-state index in [4.69, 9.17) is 13.9 Å². The summed E-state index contributed by atoms with van der Waals surface area (Å²) in [7, 11) is 1.64. The Labute approximate surface area is 132 Å². The first kappa shape index (κ1) is 13.7. The number of ether oxygens (including phenoxy) is 2.